The molecule has 9 heteroatoms. The smallest absolute Gasteiger partial charge is 0.338 e. The summed E-state index contributed by atoms with van der Waals surface area (Å²) in [6.07, 6.45) is 1.64. The molecule has 0 spiro atoms. The number of rotatable bonds is 7. The Hall–Kier alpha value is -2.65. The van der Waals surface area contributed by atoms with Gasteiger partial charge in [-0.2, -0.15) is 11.3 Å². The molecule has 2 aliphatic heterocycles. The van der Waals surface area contributed by atoms with Gasteiger partial charge in [-0.05, 0) is 29.3 Å². The largest absolute Gasteiger partial charge is 0.463 e. The number of esters is 1. The second kappa shape index (κ2) is 9.90. The van der Waals surface area contributed by atoms with E-state index in [-0.39, 0.29) is 25.1 Å². The maximum Gasteiger partial charge on any atom is 0.338 e. The molecule has 1 aromatic heterocycles. The van der Waals surface area contributed by atoms with Crippen molar-refractivity contribution in [3.8, 4) is 0 Å². The van der Waals surface area contributed by atoms with Gasteiger partial charge in [0.25, 0.3) is 0 Å². The summed E-state index contributed by atoms with van der Waals surface area (Å²) in [6, 6.07) is 1.08. The average Bonchev–Trinajstić information content (AvgIpc) is 3.25. The van der Waals surface area contributed by atoms with Gasteiger partial charge in [-0.25, -0.2) is 9.59 Å². The van der Waals surface area contributed by atoms with Gasteiger partial charge in [-0.15, -0.1) is 6.58 Å². The van der Waals surface area contributed by atoms with E-state index in [2.05, 4.69) is 16.8 Å². The average molecular weight is 433 g/mol. The van der Waals surface area contributed by atoms with Crippen LogP contribution in [-0.2, 0) is 14.3 Å². The Morgan fingerprint density at radius 2 is 2.07 bits per heavy atom. The third kappa shape index (κ3) is 4.73. The van der Waals surface area contributed by atoms with Crippen LogP contribution in [0.5, 0.6) is 0 Å². The second-order valence-electron chi connectivity index (χ2n) is 7.20. The maximum atomic E-state index is 13.0. The standard InChI is InChI=1S/C21H28N4O4S/c1-4-7-25-17(13-23-8-10-24(11-9-23)15(3)26)18(20(27)29-5-2)19(22-21(25)28)16-6-12-30-14-16/h4,6,12,14,19H,1,5,7-11,13H2,2-3H3,(H,22,28)/t19-/m0/s1. The third-order valence-electron chi connectivity index (χ3n) is 5.31. The molecule has 8 nitrogen and oxygen atoms in total. The Morgan fingerprint density at radius 1 is 1.33 bits per heavy atom. The van der Waals surface area contributed by atoms with Crippen LogP contribution in [0.2, 0.25) is 0 Å². The minimum atomic E-state index is -0.558. The molecule has 0 saturated carbocycles. The number of carbonyl (C=O) groups excluding carboxylic acids is 3. The lowest BCUT2D eigenvalue weighted by Gasteiger charge is -2.40. The van der Waals surface area contributed by atoms with E-state index in [9.17, 15) is 14.4 Å². The molecule has 0 bridgehead atoms. The Labute approximate surface area is 180 Å². The van der Waals surface area contributed by atoms with Gasteiger partial charge < -0.3 is 15.0 Å². The summed E-state index contributed by atoms with van der Waals surface area (Å²) in [5.74, 6) is -0.371. The lowest BCUT2D eigenvalue weighted by Crippen LogP contribution is -2.53. The Bertz CT molecular complexity index is 828. The van der Waals surface area contributed by atoms with Crippen LogP contribution in [-0.4, -0.2) is 78.5 Å². The van der Waals surface area contributed by atoms with Crippen molar-refractivity contribution in [3.05, 3.63) is 46.3 Å². The molecule has 3 amide bonds. The normalized spacial score (nSPS) is 20.2. The predicted octanol–water partition coefficient (Wildman–Crippen LogP) is 1.98. The van der Waals surface area contributed by atoms with Crippen molar-refractivity contribution >= 4 is 29.2 Å². The fourth-order valence-corrected chi connectivity index (χ4v) is 4.45. The number of urea groups is 1. The molecule has 0 aliphatic carbocycles. The fourth-order valence-electron chi connectivity index (χ4n) is 3.77. The minimum absolute atomic E-state index is 0.0592. The van der Waals surface area contributed by atoms with Crippen molar-refractivity contribution in [1.82, 2.24) is 20.0 Å². The van der Waals surface area contributed by atoms with Crippen LogP contribution in [0.3, 0.4) is 0 Å². The van der Waals surface area contributed by atoms with Gasteiger partial charge in [-0.1, -0.05) is 6.08 Å². The molecule has 1 aromatic rings. The molecule has 162 valence electrons. The SMILES string of the molecule is C=CCN1C(=O)N[C@@H](c2ccsc2)C(C(=O)OCC)=C1CN1CCN(C(C)=O)CC1. The molecule has 0 aromatic carbocycles. The summed E-state index contributed by atoms with van der Waals surface area (Å²) in [7, 11) is 0. The number of amides is 3. The number of nitrogens with one attached hydrogen (secondary N) is 1. The number of ether oxygens (including phenoxy) is 1. The highest BCUT2D eigenvalue weighted by Crippen LogP contribution is 2.33. The Kier molecular flexibility index (Phi) is 7.28. The summed E-state index contributed by atoms with van der Waals surface area (Å²) < 4.78 is 5.37. The molecule has 3 heterocycles. The molecule has 1 fully saturated rings. The van der Waals surface area contributed by atoms with Crippen molar-refractivity contribution in [1.29, 1.82) is 0 Å². The van der Waals surface area contributed by atoms with Crippen molar-refractivity contribution < 1.29 is 19.1 Å². The molecule has 0 radical (unpaired) electrons. The highest BCUT2D eigenvalue weighted by atomic mass is 32.1. The van der Waals surface area contributed by atoms with E-state index in [4.69, 9.17) is 4.74 Å². The van der Waals surface area contributed by atoms with Gasteiger partial charge >= 0.3 is 12.0 Å². The van der Waals surface area contributed by atoms with Crippen LogP contribution in [0.25, 0.3) is 0 Å². The van der Waals surface area contributed by atoms with E-state index < -0.39 is 12.0 Å². The fraction of sp³-hybridized carbons (Fsp3) is 0.476. The molecule has 1 saturated heterocycles. The van der Waals surface area contributed by atoms with Gasteiger partial charge in [0.2, 0.25) is 5.91 Å². The third-order valence-corrected chi connectivity index (χ3v) is 6.01. The Balaban J connectivity index is 1.98. The van der Waals surface area contributed by atoms with Crippen LogP contribution in [0.4, 0.5) is 4.79 Å². The molecular formula is C21H28N4O4S. The van der Waals surface area contributed by atoms with Crippen LogP contribution in [0, 0.1) is 0 Å². The molecular weight excluding hydrogens is 404 g/mol. The topological polar surface area (TPSA) is 82.2 Å². The summed E-state index contributed by atoms with van der Waals surface area (Å²) in [5.41, 5.74) is 1.93. The number of thiophene rings is 1. The van der Waals surface area contributed by atoms with Crippen LogP contribution < -0.4 is 5.32 Å². The lowest BCUT2D eigenvalue weighted by atomic mass is 9.96. The highest BCUT2D eigenvalue weighted by molar-refractivity contribution is 7.08. The van der Waals surface area contributed by atoms with E-state index in [0.717, 1.165) is 5.56 Å². The van der Waals surface area contributed by atoms with E-state index in [0.29, 0.717) is 44.0 Å². The summed E-state index contributed by atoms with van der Waals surface area (Å²) in [4.78, 5) is 43.1. The number of nitrogens with zero attached hydrogens (tertiary/aromatic N) is 3. The number of hydrogen-bond acceptors (Lipinski definition) is 6. The van der Waals surface area contributed by atoms with Gasteiger partial charge in [0.15, 0.2) is 0 Å². The van der Waals surface area contributed by atoms with Crippen molar-refractivity contribution in [2.75, 3.05) is 45.9 Å². The first kappa shape index (κ1) is 22.0. The van der Waals surface area contributed by atoms with Gasteiger partial charge in [0.1, 0.15) is 0 Å². The van der Waals surface area contributed by atoms with Gasteiger partial charge in [-0.3, -0.25) is 14.6 Å². The zero-order valence-corrected chi connectivity index (χ0v) is 18.2. The van der Waals surface area contributed by atoms with Crippen LogP contribution >= 0.6 is 11.3 Å². The van der Waals surface area contributed by atoms with E-state index in [1.54, 1.807) is 29.7 Å². The van der Waals surface area contributed by atoms with Crippen molar-refractivity contribution in [2.24, 2.45) is 0 Å². The molecule has 1 N–H and O–H groups in total. The predicted molar refractivity (Wildman–Crippen MR) is 115 cm³/mol. The number of carbonyl (C=O) groups is 3. The van der Waals surface area contributed by atoms with Crippen LogP contribution in [0.15, 0.2) is 40.8 Å². The molecule has 0 unspecified atom stereocenters. The zero-order chi connectivity index (χ0) is 21.7. The van der Waals surface area contributed by atoms with E-state index in [1.165, 1.54) is 11.3 Å². The van der Waals surface area contributed by atoms with Crippen molar-refractivity contribution in [2.45, 2.75) is 19.9 Å². The first-order chi connectivity index (χ1) is 14.5. The Morgan fingerprint density at radius 3 is 2.63 bits per heavy atom. The summed E-state index contributed by atoms with van der Waals surface area (Å²) in [6.45, 7) is 10.6. The monoisotopic (exact) mass is 432 g/mol. The quantitative estimate of drug-likeness (QED) is 0.526. The maximum absolute atomic E-state index is 13.0. The highest BCUT2D eigenvalue weighted by Gasteiger charge is 2.38. The summed E-state index contributed by atoms with van der Waals surface area (Å²) in [5, 5.41) is 6.79. The first-order valence-electron chi connectivity index (χ1n) is 10.0. The molecule has 3 rings (SSSR count). The minimum Gasteiger partial charge on any atom is -0.463 e. The van der Waals surface area contributed by atoms with Crippen molar-refractivity contribution in [3.63, 3.8) is 0 Å². The van der Waals surface area contributed by atoms with Crippen LogP contribution in [0.1, 0.15) is 25.5 Å². The van der Waals surface area contributed by atoms with E-state index in [1.807, 2.05) is 16.8 Å². The molecule has 1 atom stereocenters. The lowest BCUT2D eigenvalue weighted by molar-refractivity contribution is -0.139. The second-order valence-corrected chi connectivity index (χ2v) is 7.98. The zero-order valence-electron chi connectivity index (χ0n) is 17.4. The molecule has 30 heavy (non-hydrogen) atoms. The summed E-state index contributed by atoms with van der Waals surface area (Å²) >= 11 is 1.51. The van der Waals surface area contributed by atoms with Gasteiger partial charge in [0, 0.05) is 51.9 Å². The van der Waals surface area contributed by atoms with E-state index >= 15 is 0 Å². The number of hydrogen-bond donors (Lipinski definition) is 1. The number of piperazine rings is 1. The molecule has 2 aliphatic rings. The van der Waals surface area contributed by atoms with Gasteiger partial charge in [0.05, 0.1) is 18.2 Å². The first-order valence-corrected chi connectivity index (χ1v) is 11.0.